The highest BCUT2D eigenvalue weighted by molar-refractivity contribution is 5.98. The summed E-state index contributed by atoms with van der Waals surface area (Å²) in [5, 5.41) is 14.7. The molecule has 25 heavy (non-hydrogen) atoms. The van der Waals surface area contributed by atoms with Gasteiger partial charge in [-0.25, -0.2) is 15.0 Å². The minimum Gasteiger partial charge on any atom is -0.394 e. The molecule has 1 aliphatic heterocycles. The van der Waals surface area contributed by atoms with Gasteiger partial charge in [-0.15, -0.1) is 0 Å². The minimum absolute atomic E-state index is 0.102. The minimum atomic E-state index is -0.428. The first kappa shape index (κ1) is 15.7. The molecule has 0 aliphatic carbocycles. The fourth-order valence-electron chi connectivity index (χ4n) is 3.07. The van der Waals surface area contributed by atoms with Crippen molar-refractivity contribution in [3.05, 3.63) is 48.5 Å². The van der Waals surface area contributed by atoms with Gasteiger partial charge in [0.15, 0.2) is 0 Å². The highest BCUT2D eigenvalue weighted by Crippen LogP contribution is 2.34. The molecule has 7 nitrogen and oxygen atoms in total. The molecular formula is C18H20N6O. The van der Waals surface area contributed by atoms with Crippen LogP contribution >= 0.6 is 0 Å². The Morgan fingerprint density at radius 2 is 2.04 bits per heavy atom. The summed E-state index contributed by atoms with van der Waals surface area (Å²) in [4.78, 5) is 14.9. The number of anilines is 3. The van der Waals surface area contributed by atoms with Crippen molar-refractivity contribution < 1.29 is 5.11 Å². The Morgan fingerprint density at radius 3 is 2.72 bits per heavy atom. The van der Waals surface area contributed by atoms with E-state index in [2.05, 4.69) is 31.2 Å². The maximum absolute atomic E-state index is 9.50. The van der Waals surface area contributed by atoms with E-state index in [1.54, 1.807) is 12.3 Å². The van der Waals surface area contributed by atoms with Gasteiger partial charge in [0.25, 0.3) is 0 Å². The van der Waals surface area contributed by atoms with E-state index < -0.39 is 6.04 Å². The summed E-state index contributed by atoms with van der Waals surface area (Å²) in [6.07, 6.45) is 6.23. The van der Waals surface area contributed by atoms with Crippen LogP contribution in [0.1, 0.15) is 18.0 Å². The number of rotatable bonds is 5. The largest absolute Gasteiger partial charge is 0.394 e. The Labute approximate surface area is 145 Å². The Balaban J connectivity index is 1.80. The second kappa shape index (κ2) is 6.62. The van der Waals surface area contributed by atoms with Crippen LogP contribution in [0.3, 0.4) is 0 Å². The number of fused-ring (bicyclic) bond motifs is 1. The number of aliphatic hydroxyl groups is 1. The van der Waals surface area contributed by atoms with Crippen LogP contribution in [0.15, 0.2) is 43.0 Å². The number of nitrogens with zero attached hydrogens (tertiary/aromatic N) is 4. The number of pyridine rings is 1. The van der Waals surface area contributed by atoms with E-state index in [0.29, 0.717) is 11.6 Å². The van der Waals surface area contributed by atoms with Gasteiger partial charge in [0.1, 0.15) is 18.0 Å². The van der Waals surface area contributed by atoms with Crippen molar-refractivity contribution in [2.24, 2.45) is 5.73 Å². The van der Waals surface area contributed by atoms with E-state index in [0.717, 1.165) is 35.1 Å². The number of nitrogens with two attached hydrogens (primary N) is 1. The van der Waals surface area contributed by atoms with Crippen LogP contribution in [0.5, 0.6) is 0 Å². The first-order valence-corrected chi connectivity index (χ1v) is 8.33. The van der Waals surface area contributed by atoms with E-state index in [9.17, 15) is 5.11 Å². The lowest BCUT2D eigenvalue weighted by Gasteiger charge is -2.34. The summed E-state index contributed by atoms with van der Waals surface area (Å²) >= 11 is 0. The molecule has 1 saturated heterocycles. The standard InChI is InChI=1S/C18H20N6O/c19-15(10-25)12-2-3-16(24-6-1-7-24)14-9-21-18(8-13(12)14)23-17-4-5-20-11-22-17/h2-5,8-9,11,15,25H,1,6-7,10,19H2,(H,20,21,22,23). The second-order valence-electron chi connectivity index (χ2n) is 6.14. The molecule has 0 bridgehead atoms. The van der Waals surface area contributed by atoms with Gasteiger partial charge in [0.05, 0.1) is 12.6 Å². The molecule has 7 heteroatoms. The first-order chi connectivity index (χ1) is 12.3. The molecule has 128 valence electrons. The van der Waals surface area contributed by atoms with Crippen molar-refractivity contribution in [2.45, 2.75) is 12.5 Å². The molecule has 0 amide bonds. The number of benzene rings is 1. The van der Waals surface area contributed by atoms with Gasteiger partial charge >= 0.3 is 0 Å². The van der Waals surface area contributed by atoms with E-state index in [4.69, 9.17) is 5.73 Å². The Morgan fingerprint density at radius 1 is 1.16 bits per heavy atom. The summed E-state index contributed by atoms with van der Waals surface area (Å²) in [7, 11) is 0. The highest BCUT2D eigenvalue weighted by Gasteiger charge is 2.20. The summed E-state index contributed by atoms with van der Waals surface area (Å²) in [5.74, 6) is 1.35. The Hall–Kier alpha value is -2.77. The lowest BCUT2D eigenvalue weighted by Crippen LogP contribution is -2.37. The van der Waals surface area contributed by atoms with E-state index in [-0.39, 0.29) is 6.61 Å². The number of nitrogens with one attached hydrogen (secondary N) is 1. The third-order valence-corrected chi connectivity index (χ3v) is 4.54. The van der Waals surface area contributed by atoms with E-state index in [1.165, 1.54) is 12.7 Å². The molecule has 4 N–H and O–H groups in total. The van der Waals surface area contributed by atoms with Crippen LogP contribution < -0.4 is 16.0 Å². The molecule has 0 spiro atoms. The molecule has 2 aromatic heterocycles. The third-order valence-electron chi connectivity index (χ3n) is 4.54. The molecule has 3 aromatic rings. The van der Waals surface area contributed by atoms with Crippen molar-refractivity contribution in [2.75, 3.05) is 29.9 Å². The molecule has 4 rings (SSSR count). The maximum Gasteiger partial charge on any atom is 0.134 e. The molecule has 1 aliphatic rings. The van der Waals surface area contributed by atoms with Crippen LogP contribution in [0.25, 0.3) is 10.8 Å². The number of aliphatic hydroxyl groups excluding tert-OH is 1. The van der Waals surface area contributed by atoms with Crippen molar-refractivity contribution in [1.82, 2.24) is 15.0 Å². The normalized spacial score (nSPS) is 15.0. The van der Waals surface area contributed by atoms with Gasteiger partial charge in [-0.2, -0.15) is 0 Å². The highest BCUT2D eigenvalue weighted by atomic mass is 16.3. The van der Waals surface area contributed by atoms with Gasteiger partial charge < -0.3 is 21.1 Å². The summed E-state index contributed by atoms with van der Waals surface area (Å²) in [6.45, 7) is 2.01. The molecule has 3 heterocycles. The lowest BCUT2D eigenvalue weighted by atomic mass is 9.98. The smallest absolute Gasteiger partial charge is 0.134 e. The Kier molecular flexibility index (Phi) is 4.17. The van der Waals surface area contributed by atoms with E-state index >= 15 is 0 Å². The van der Waals surface area contributed by atoms with Crippen LogP contribution in [-0.4, -0.2) is 39.8 Å². The van der Waals surface area contributed by atoms with Crippen molar-refractivity contribution >= 4 is 28.1 Å². The molecule has 1 fully saturated rings. The molecular weight excluding hydrogens is 316 g/mol. The first-order valence-electron chi connectivity index (χ1n) is 8.33. The van der Waals surface area contributed by atoms with Gasteiger partial charge in [-0.3, -0.25) is 0 Å². The Bertz CT molecular complexity index is 881. The van der Waals surface area contributed by atoms with Crippen LogP contribution in [0.2, 0.25) is 0 Å². The SMILES string of the molecule is NC(CO)c1ccc(N2CCC2)c2cnc(Nc3ccncn3)cc12. The van der Waals surface area contributed by atoms with Gasteiger partial charge in [-0.1, -0.05) is 6.07 Å². The van der Waals surface area contributed by atoms with Crippen LogP contribution in [0, 0.1) is 0 Å². The second-order valence-corrected chi connectivity index (χ2v) is 6.14. The predicted molar refractivity (Wildman–Crippen MR) is 97.9 cm³/mol. The molecule has 1 aromatic carbocycles. The number of hydrogen-bond acceptors (Lipinski definition) is 7. The zero-order valence-corrected chi connectivity index (χ0v) is 13.8. The predicted octanol–water partition coefficient (Wildman–Crippen LogP) is 1.97. The fourth-order valence-corrected chi connectivity index (χ4v) is 3.07. The van der Waals surface area contributed by atoms with Crippen molar-refractivity contribution in [3.63, 3.8) is 0 Å². The van der Waals surface area contributed by atoms with Gasteiger partial charge in [0.2, 0.25) is 0 Å². The molecule has 0 saturated carbocycles. The molecule has 0 radical (unpaired) electrons. The summed E-state index contributed by atoms with van der Waals surface area (Å²) in [5.41, 5.74) is 8.19. The van der Waals surface area contributed by atoms with E-state index in [1.807, 2.05) is 18.3 Å². The maximum atomic E-state index is 9.50. The van der Waals surface area contributed by atoms with Crippen molar-refractivity contribution in [3.8, 4) is 0 Å². The quantitative estimate of drug-likeness (QED) is 0.655. The lowest BCUT2D eigenvalue weighted by molar-refractivity contribution is 0.268. The fraction of sp³-hybridized carbons (Fsp3) is 0.278. The topological polar surface area (TPSA) is 100 Å². The third kappa shape index (κ3) is 2.99. The van der Waals surface area contributed by atoms with Gasteiger partial charge in [-0.05, 0) is 35.6 Å². The average Bonchev–Trinajstić information content (AvgIpc) is 2.60. The van der Waals surface area contributed by atoms with Crippen LogP contribution in [0.4, 0.5) is 17.3 Å². The van der Waals surface area contributed by atoms with Crippen LogP contribution in [-0.2, 0) is 0 Å². The molecule has 1 unspecified atom stereocenters. The summed E-state index contributed by atoms with van der Waals surface area (Å²) < 4.78 is 0. The summed E-state index contributed by atoms with van der Waals surface area (Å²) in [6, 6.07) is 7.40. The number of aromatic nitrogens is 3. The zero-order valence-electron chi connectivity index (χ0n) is 13.8. The zero-order chi connectivity index (χ0) is 17.2. The molecule has 1 atom stereocenters. The monoisotopic (exact) mass is 336 g/mol. The average molecular weight is 336 g/mol. The van der Waals surface area contributed by atoms with Crippen molar-refractivity contribution in [1.29, 1.82) is 0 Å². The van der Waals surface area contributed by atoms with Gasteiger partial charge in [0, 0.05) is 36.6 Å². The number of hydrogen-bond donors (Lipinski definition) is 3.